The highest BCUT2D eigenvalue weighted by Gasteiger charge is 2.26. The number of hydrogen-bond donors (Lipinski definition) is 2. The molecule has 1 aliphatic rings. The van der Waals surface area contributed by atoms with E-state index in [9.17, 15) is 18.0 Å². The van der Waals surface area contributed by atoms with Crippen LogP contribution in [0.1, 0.15) is 50.5 Å². The predicted molar refractivity (Wildman–Crippen MR) is 101 cm³/mol. The molecule has 27 heavy (non-hydrogen) atoms. The fourth-order valence-corrected chi connectivity index (χ4v) is 4.48. The van der Waals surface area contributed by atoms with Crippen LogP contribution in [-0.2, 0) is 23.0 Å². The Bertz CT molecular complexity index is 1010. The van der Waals surface area contributed by atoms with Crippen LogP contribution in [0.3, 0.4) is 0 Å². The molecule has 1 aromatic carbocycles. The second-order valence-corrected chi connectivity index (χ2v) is 8.95. The number of aromatic amines is 1. The summed E-state index contributed by atoms with van der Waals surface area (Å²) >= 11 is 0. The lowest BCUT2D eigenvalue weighted by molar-refractivity contribution is 0.0944. The molecule has 0 saturated heterocycles. The Morgan fingerprint density at radius 3 is 2.59 bits per heavy atom. The van der Waals surface area contributed by atoms with E-state index in [-0.39, 0.29) is 23.1 Å². The maximum atomic E-state index is 12.6. The number of hydrogen-bond acceptors (Lipinski definition) is 4. The lowest BCUT2D eigenvalue weighted by Crippen LogP contribution is -2.27. The Labute approximate surface area is 158 Å². The highest BCUT2D eigenvalue weighted by molar-refractivity contribution is 7.89. The first-order valence-electron chi connectivity index (χ1n) is 8.76. The van der Waals surface area contributed by atoms with E-state index in [1.54, 1.807) is 25.1 Å². The number of carbonyl (C=O) groups excluding carboxylic acids is 2. The number of aryl methyl sites for hydroxylation is 1. The molecule has 0 radical (unpaired) electrons. The molecular formula is C19H23N3O4S. The number of fused-ring (bicyclic) bond motifs is 1. The van der Waals surface area contributed by atoms with Gasteiger partial charge < -0.3 is 10.3 Å². The summed E-state index contributed by atoms with van der Waals surface area (Å²) in [6.07, 6.45) is 2.03. The van der Waals surface area contributed by atoms with Gasteiger partial charge in [0.15, 0.2) is 5.78 Å². The number of nitrogens with one attached hydrogen (secondary N) is 2. The van der Waals surface area contributed by atoms with Crippen molar-refractivity contribution in [3.05, 3.63) is 52.3 Å². The molecule has 1 heterocycles. The van der Waals surface area contributed by atoms with E-state index >= 15 is 0 Å². The van der Waals surface area contributed by atoms with Crippen LogP contribution >= 0.6 is 0 Å². The topological polar surface area (TPSA) is 99.3 Å². The molecule has 1 aliphatic carbocycles. The molecule has 0 fully saturated rings. The zero-order chi connectivity index (χ0) is 19.8. The maximum Gasteiger partial charge on any atom is 0.268 e. The van der Waals surface area contributed by atoms with E-state index in [1.807, 2.05) is 0 Å². The maximum absolute atomic E-state index is 12.6. The van der Waals surface area contributed by atoms with Gasteiger partial charge in [0.2, 0.25) is 10.0 Å². The molecule has 3 rings (SSSR count). The van der Waals surface area contributed by atoms with Crippen molar-refractivity contribution >= 4 is 21.7 Å². The Hall–Kier alpha value is -2.45. The monoisotopic (exact) mass is 389 g/mol. The molecule has 2 N–H and O–H groups in total. The summed E-state index contributed by atoms with van der Waals surface area (Å²) in [6, 6.07) is 6.57. The Morgan fingerprint density at radius 1 is 1.22 bits per heavy atom. The second kappa shape index (κ2) is 7.28. The molecule has 2 aromatic rings. The number of benzene rings is 1. The fourth-order valence-electron chi connectivity index (χ4n) is 3.36. The SMILES string of the molecule is Cc1c(C(=O)NCc2ccccc2S(=O)(=O)N(C)C)[nH]c2c1C(=O)CCC2. The van der Waals surface area contributed by atoms with Gasteiger partial charge in [-0.15, -0.1) is 0 Å². The first-order valence-corrected chi connectivity index (χ1v) is 10.2. The van der Waals surface area contributed by atoms with Gasteiger partial charge in [-0.3, -0.25) is 9.59 Å². The number of nitrogens with zero attached hydrogens (tertiary/aromatic N) is 1. The molecule has 0 atom stereocenters. The largest absolute Gasteiger partial charge is 0.354 e. The van der Waals surface area contributed by atoms with Crippen LogP contribution in [-0.4, -0.2) is 43.5 Å². The van der Waals surface area contributed by atoms with Crippen LogP contribution in [0.4, 0.5) is 0 Å². The molecular weight excluding hydrogens is 366 g/mol. The normalized spacial score (nSPS) is 14.3. The van der Waals surface area contributed by atoms with E-state index in [4.69, 9.17) is 0 Å². The van der Waals surface area contributed by atoms with E-state index in [1.165, 1.54) is 20.2 Å². The van der Waals surface area contributed by atoms with Gasteiger partial charge in [0, 0.05) is 38.3 Å². The highest BCUT2D eigenvalue weighted by Crippen LogP contribution is 2.26. The molecule has 0 saturated carbocycles. The van der Waals surface area contributed by atoms with Gasteiger partial charge >= 0.3 is 0 Å². The summed E-state index contributed by atoms with van der Waals surface area (Å²) in [5.41, 5.74) is 2.96. The Morgan fingerprint density at radius 2 is 1.93 bits per heavy atom. The average Bonchev–Trinajstić information content (AvgIpc) is 2.98. The lowest BCUT2D eigenvalue weighted by Gasteiger charge is -2.15. The summed E-state index contributed by atoms with van der Waals surface area (Å²) < 4.78 is 26.1. The van der Waals surface area contributed by atoms with Crippen LogP contribution in [0, 0.1) is 6.92 Å². The molecule has 8 heteroatoms. The lowest BCUT2D eigenvalue weighted by atomic mass is 9.94. The first-order chi connectivity index (χ1) is 12.7. The van der Waals surface area contributed by atoms with Gasteiger partial charge in [0.25, 0.3) is 5.91 Å². The summed E-state index contributed by atoms with van der Waals surface area (Å²) in [6.45, 7) is 1.83. The number of H-pyrrole nitrogens is 1. The van der Waals surface area contributed by atoms with Gasteiger partial charge in [-0.25, -0.2) is 12.7 Å². The Kier molecular flexibility index (Phi) is 5.21. The summed E-state index contributed by atoms with van der Waals surface area (Å²) in [4.78, 5) is 28.0. The van der Waals surface area contributed by atoms with Crippen molar-refractivity contribution in [2.75, 3.05) is 14.1 Å². The fraction of sp³-hybridized carbons (Fsp3) is 0.368. The molecule has 1 aromatic heterocycles. The summed E-state index contributed by atoms with van der Waals surface area (Å²) in [5, 5.41) is 2.77. The van der Waals surface area contributed by atoms with Crippen molar-refractivity contribution in [1.82, 2.24) is 14.6 Å². The van der Waals surface area contributed by atoms with Crippen LogP contribution in [0.2, 0.25) is 0 Å². The predicted octanol–water partition coefficient (Wildman–Crippen LogP) is 2.02. The van der Waals surface area contributed by atoms with Crippen molar-refractivity contribution in [1.29, 1.82) is 0 Å². The van der Waals surface area contributed by atoms with Crippen LogP contribution in [0.25, 0.3) is 0 Å². The first kappa shape index (κ1) is 19.3. The van der Waals surface area contributed by atoms with Crippen molar-refractivity contribution in [2.24, 2.45) is 0 Å². The number of sulfonamides is 1. The van der Waals surface area contributed by atoms with E-state index in [0.717, 1.165) is 22.8 Å². The van der Waals surface area contributed by atoms with Crippen LogP contribution < -0.4 is 5.32 Å². The van der Waals surface area contributed by atoms with Gasteiger partial charge in [-0.2, -0.15) is 0 Å². The quantitative estimate of drug-likeness (QED) is 0.817. The van der Waals surface area contributed by atoms with Gasteiger partial charge in [0.1, 0.15) is 5.69 Å². The van der Waals surface area contributed by atoms with Crippen molar-refractivity contribution < 1.29 is 18.0 Å². The highest BCUT2D eigenvalue weighted by atomic mass is 32.2. The van der Waals surface area contributed by atoms with E-state index < -0.39 is 10.0 Å². The summed E-state index contributed by atoms with van der Waals surface area (Å²) in [5.74, 6) is -0.293. The zero-order valence-corrected chi connectivity index (χ0v) is 16.4. The molecule has 1 amide bonds. The van der Waals surface area contributed by atoms with Crippen LogP contribution in [0.5, 0.6) is 0 Å². The van der Waals surface area contributed by atoms with Crippen molar-refractivity contribution in [3.63, 3.8) is 0 Å². The standard InChI is InChI=1S/C19H23N3O4S/c1-12-17-14(8-6-9-15(17)23)21-18(12)19(24)20-11-13-7-4-5-10-16(13)27(25,26)22(2)3/h4-5,7,10,21H,6,8-9,11H2,1-3H3,(H,20,24). The Balaban J connectivity index is 1.83. The minimum atomic E-state index is -3.61. The third-order valence-corrected chi connectivity index (χ3v) is 6.75. The van der Waals surface area contributed by atoms with Gasteiger partial charge in [-0.05, 0) is 37.0 Å². The number of aromatic nitrogens is 1. The number of carbonyl (C=O) groups is 2. The number of ketones is 1. The minimum Gasteiger partial charge on any atom is -0.354 e. The average molecular weight is 389 g/mol. The molecule has 0 spiro atoms. The second-order valence-electron chi connectivity index (χ2n) is 6.83. The molecule has 0 bridgehead atoms. The van der Waals surface area contributed by atoms with Crippen molar-refractivity contribution in [2.45, 2.75) is 37.6 Å². The van der Waals surface area contributed by atoms with Gasteiger partial charge in [0.05, 0.1) is 4.90 Å². The van der Waals surface area contributed by atoms with Gasteiger partial charge in [-0.1, -0.05) is 18.2 Å². The molecule has 0 aliphatic heterocycles. The molecule has 0 unspecified atom stereocenters. The zero-order valence-electron chi connectivity index (χ0n) is 15.6. The number of rotatable bonds is 5. The molecule has 7 nitrogen and oxygen atoms in total. The minimum absolute atomic E-state index is 0.0615. The van der Waals surface area contributed by atoms with E-state index in [2.05, 4.69) is 10.3 Å². The smallest absolute Gasteiger partial charge is 0.268 e. The number of amides is 1. The van der Waals surface area contributed by atoms with Crippen LogP contribution in [0.15, 0.2) is 29.2 Å². The van der Waals surface area contributed by atoms with Crippen molar-refractivity contribution in [3.8, 4) is 0 Å². The third-order valence-electron chi connectivity index (χ3n) is 4.83. The third kappa shape index (κ3) is 3.54. The number of Topliss-reactive ketones (excluding diaryl/α,β-unsaturated/α-hetero) is 1. The molecule has 144 valence electrons. The van der Waals surface area contributed by atoms with E-state index in [0.29, 0.717) is 28.8 Å². The summed E-state index contributed by atoms with van der Waals surface area (Å²) in [7, 11) is -0.675.